The van der Waals surface area contributed by atoms with E-state index in [-0.39, 0.29) is 5.16 Å². The number of hydrogen-bond donors (Lipinski definition) is 2. The maximum atomic E-state index is 3.82. The summed E-state index contributed by atoms with van der Waals surface area (Å²) < 4.78 is 0. The highest BCUT2D eigenvalue weighted by atomic mass is 31.0. The van der Waals surface area contributed by atoms with Crippen LogP contribution in [0.2, 0.25) is 44.8 Å². The molecule has 7 aliphatic rings. The van der Waals surface area contributed by atoms with Crippen molar-refractivity contribution in [2.24, 2.45) is 40.9 Å². The molecule has 0 aromatic carbocycles. The quantitative estimate of drug-likeness (QED) is 0.254. The van der Waals surface area contributed by atoms with E-state index in [1.807, 2.05) is 10.8 Å². The minimum absolute atomic E-state index is 0.219. The molecule has 4 saturated carbocycles. The lowest BCUT2D eigenvalue weighted by molar-refractivity contribution is -0.0793. The second-order valence-electron chi connectivity index (χ2n) is 16.4. The van der Waals surface area contributed by atoms with Crippen molar-refractivity contribution in [1.82, 2.24) is 10.6 Å². The van der Waals surface area contributed by atoms with Crippen molar-refractivity contribution in [1.29, 1.82) is 0 Å². The van der Waals surface area contributed by atoms with Gasteiger partial charge in [-0.1, -0.05) is 56.1 Å². The molecular weight excluding hydrogens is 518 g/mol. The van der Waals surface area contributed by atoms with Crippen molar-refractivity contribution in [3.05, 3.63) is 22.4 Å². The lowest BCUT2D eigenvalue weighted by atomic mass is 9.43. The van der Waals surface area contributed by atoms with Gasteiger partial charge in [0.15, 0.2) is 0 Å². The minimum Gasteiger partial charge on any atom is -0.316 e. The molecule has 6 fully saturated rings. The van der Waals surface area contributed by atoms with Crippen LogP contribution in [0.1, 0.15) is 44.9 Å². The standard InChI is InChI=1S/C31H56N2P2Si2/c1-36(2,3)27-14-25(31(35,23-7-9-32-17-23)24-8-10-33-18-24)28(29(27)37(4,5)6)30-15-20-11-21(16-30)13-22(12-20)26(30)19-34/h14,20-24,26,29,32-33H,7-13,15-19,34-35H2,1-6H3. The smallest absolute Gasteiger partial charge is 0.0728 e. The highest BCUT2D eigenvalue weighted by molar-refractivity contribution is 7.19. The first kappa shape index (κ1) is 27.8. The Kier molecular flexibility index (Phi) is 7.24. The van der Waals surface area contributed by atoms with Crippen LogP contribution in [0.3, 0.4) is 0 Å². The van der Waals surface area contributed by atoms with Crippen molar-refractivity contribution in [3.63, 3.8) is 0 Å². The summed E-state index contributed by atoms with van der Waals surface area (Å²) in [5, 5.41) is 9.79. The average Bonchev–Trinajstić information content (AvgIpc) is 3.58. The van der Waals surface area contributed by atoms with Gasteiger partial charge in [-0.2, -0.15) is 0 Å². The molecule has 7 rings (SSSR count). The van der Waals surface area contributed by atoms with Crippen LogP contribution in [-0.4, -0.2) is 53.6 Å². The fourth-order valence-electron chi connectivity index (χ4n) is 11.0. The normalized spacial score (nSPS) is 43.6. The number of hydrogen-bond acceptors (Lipinski definition) is 2. The second kappa shape index (κ2) is 9.62. The Morgan fingerprint density at radius 3 is 1.92 bits per heavy atom. The summed E-state index contributed by atoms with van der Waals surface area (Å²) in [6, 6.07) is 0. The maximum Gasteiger partial charge on any atom is 0.0728 e. The molecule has 6 heteroatoms. The van der Waals surface area contributed by atoms with E-state index in [0.717, 1.165) is 41.0 Å². The zero-order valence-electron chi connectivity index (χ0n) is 24.8. The molecule has 0 spiro atoms. The summed E-state index contributed by atoms with van der Waals surface area (Å²) in [6.07, 6.45) is 14.6. The molecule has 2 nitrogen and oxygen atoms in total. The van der Waals surface area contributed by atoms with E-state index < -0.39 is 16.1 Å². The van der Waals surface area contributed by atoms with Crippen molar-refractivity contribution < 1.29 is 0 Å². The molecule has 0 radical (unpaired) electrons. The first-order valence-corrected chi connectivity index (χ1v) is 24.2. The van der Waals surface area contributed by atoms with Crippen molar-refractivity contribution in [3.8, 4) is 0 Å². The summed E-state index contributed by atoms with van der Waals surface area (Å²) in [6.45, 7) is 21.0. The van der Waals surface area contributed by atoms with Crippen LogP contribution < -0.4 is 10.6 Å². The van der Waals surface area contributed by atoms with E-state index >= 15 is 0 Å². The fraction of sp³-hybridized carbons (Fsp3) is 0.871. The van der Waals surface area contributed by atoms with Crippen molar-refractivity contribution in [2.75, 3.05) is 32.3 Å². The molecule has 208 valence electrons. The van der Waals surface area contributed by atoms with Gasteiger partial charge in [0, 0.05) is 5.16 Å². The van der Waals surface area contributed by atoms with Crippen LogP contribution in [-0.2, 0) is 0 Å². The van der Waals surface area contributed by atoms with Crippen LogP contribution >= 0.6 is 18.5 Å². The predicted octanol–water partition coefficient (Wildman–Crippen LogP) is 6.96. The third kappa shape index (κ3) is 4.36. The van der Waals surface area contributed by atoms with Gasteiger partial charge in [0.05, 0.1) is 16.1 Å². The largest absolute Gasteiger partial charge is 0.316 e. The van der Waals surface area contributed by atoms with E-state index in [4.69, 9.17) is 0 Å². The van der Waals surface area contributed by atoms with E-state index in [0.29, 0.717) is 5.41 Å². The molecule has 2 aliphatic heterocycles. The minimum atomic E-state index is -1.49. The molecule has 2 heterocycles. The summed E-state index contributed by atoms with van der Waals surface area (Å²) >= 11 is 0. The Labute approximate surface area is 235 Å². The highest BCUT2D eigenvalue weighted by Crippen LogP contribution is 2.71. The molecule has 2 N–H and O–H groups in total. The molecule has 37 heavy (non-hydrogen) atoms. The summed E-state index contributed by atoms with van der Waals surface area (Å²) in [5.74, 6) is 5.36. The van der Waals surface area contributed by atoms with Gasteiger partial charge in [0.25, 0.3) is 0 Å². The molecule has 0 amide bonds. The monoisotopic (exact) mass is 574 g/mol. The number of rotatable bonds is 7. The summed E-state index contributed by atoms with van der Waals surface area (Å²) in [4.78, 5) is 0. The van der Waals surface area contributed by atoms with Crippen molar-refractivity contribution in [2.45, 2.75) is 94.9 Å². The highest BCUT2D eigenvalue weighted by Gasteiger charge is 2.63. The van der Waals surface area contributed by atoms with Crippen LogP contribution in [0.25, 0.3) is 0 Å². The van der Waals surface area contributed by atoms with Gasteiger partial charge in [0.1, 0.15) is 0 Å². The van der Waals surface area contributed by atoms with Gasteiger partial charge in [-0.15, -0.1) is 18.5 Å². The van der Waals surface area contributed by atoms with Gasteiger partial charge >= 0.3 is 0 Å². The van der Waals surface area contributed by atoms with E-state index in [1.165, 1.54) is 70.9 Å². The Morgan fingerprint density at radius 2 is 1.49 bits per heavy atom. The fourth-order valence-corrected chi connectivity index (χ4v) is 19.1. The summed E-state index contributed by atoms with van der Waals surface area (Å²) in [5.41, 5.74) is 5.18. The van der Waals surface area contributed by atoms with Gasteiger partial charge in [-0.25, -0.2) is 0 Å². The maximum absolute atomic E-state index is 3.82. The first-order chi connectivity index (χ1) is 17.4. The molecule has 4 bridgehead atoms. The Bertz CT molecular complexity index is 935. The average molecular weight is 575 g/mol. The van der Waals surface area contributed by atoms with Gasteiger partial charge in [-0.05, 0) is 129 Å². The van der Waals surface area contributed by atoms with Gasteiger partial charge in [-0.3, -0.25) is 0 Å². The van der Waals surface area contributed by atoms with Crippen LogP contribution in [0.15, 0.2) is 22.4 Å². The zero-order valence-corrected chi connectivity index (χ0v) is 29.1. The SMILES string of the molecule is C[Si](C)(C)C1=CC(C(P)(C2CCNC2)C2CCNC2)=C(C23CC4CC(CC(C4)C2CP)C3)C1[Si](C)(C)C. The van der Waals surface area contributed by atoms with Gasteiger partial charge in [0.2, 0.25) is 0 Å². The molecule has 0 aromatic rings. The lowest BCUT2D eigenvalue weighted by Crippen LogP contribution is -2.56. The Morgan fingerprint density at radius 1 is 0.919 bits per heavy atom. The molecule has 8 unspecified atom stereocenters. The molecule has 5 aliphatic carbocycles. The Balaban J connectivity index is 1.62. The molecule has 8 atom stereocenters. The first-order valence-electron chi connectivity index (χ1n) is 15.8. The van der Waals surface area contributed by atoms with E-state index in [1.54, 1.807) is 6.42 Å². The lowest BCUT2D eigenvalue weighted by Gasteiger charge is -2.64. The number of allylic oxidation sites excluding steroid dienone is 4. The number of nitrogens with one attached hydrogen (secondary N) is 2. The van der Waals surface area contributed by atoms with E-state index in [9.17, 15) is 0 Å². The van der Waals surface area contributed by atoms with Gasteiger partial charge < -0.3 is 10.6 Å². The molecule has 0 aromatic heterocycles. The summed E-state index contributed by atoms with van der Waals surface area (Å²) in [7, 11) is 3.97. The van der Waals surface area contributed by atoms with Crippen LogP contribution in [0, 0.1) is 40.9 Å². The Hall–Kier alpha value is 0.694. The zero-order chi connectivity index (χ0) is 26.4. The predicted molar refractivity (Wildman–Crippen MR) is 174 cm³/mol. The van der Waals surface area contributed by atoms with E-state index in [2.05, 4.69) is 80.0 Å². The topological polar surface area (TPSA) is 24.1 Å². The van der Waals surface area contributed by atoms with Crippen LogP contribution in [0.4, 0.5) is 0 Å². The van der Waals surface area contributed by atoms with Crippen molar-refractivity contribution >= 4 is 34.6 Å². The van der Waals surface area contributed by atoms with Crippen LogP contribution in [0.5, 0.6) is 0 Å². The third-order valence-corrected chi connectivity index (χ3v) is 18.7. The third-order valence-electron chi connectivity index (χ3n) is 12.2. The second-order valence-corrected chi connectivity index (χ2v) is 28.2. The molecular formula is C31H56N2P2Si2. The molecule has 2 saturated heterocycles.